The smallest absolute Gasteiger partial charge is 0.0547 e. The number of para-hydroxylation sites is 6. The Kier molecular flexibility index (Phi) is 10.2. The lowest BCUT2D eigenvalue weighted by Gasteiger charge is -2.26. The molecule has 0 aliphatic carbocycles. The lowest BCUT2D eigenvalue weighted by atomic mass is 9.99. The molecule has 15 rings (SSSR count). The molecule has 356 valence electrons. The van der Waals surface area contributed by atoms with E-state index in [1.807, 2.05) is 0 Å². The molecule has 3 aromatic heterocycles. The largest absolute Gasteiger partial charge is 0.311 e. The molecule has 0 amide bonds. The number of benzene rings is 12. The second-order valence-electron chi connectivity index (χ2n) is 19.7. The van der Waals surface area contributed by atoms with Gasteiger partial charge in [-0.1, -0.05) is 182 Å². The van der Waals surface area contributed by atoms with E-state index in [0.717, 1.165) is 45.3 Å². The van der Waals surface area contributed by atoms with Gasteiger partial charge in [-0.25, -0.2) is 0 Å². The van der Waals surface area contributed by atoms with Crippen molar-refractivity contribution in [2.24, 2.45) is 0 Å². The van der Waals surface area contributed by atoms with Crippen molar-refractivity contribution in [1.29, 1.82) is 0 Å². The summed E-state index contributed by atoms with van der Waals surface area (Å²) in [6.07, 6.45) is 0. The fourth-order valence-corrected chi connectivity index (χ4v) is 11.9. The Morgan fingerprint density at radius 2 is 0.434 bits per heavy atom. The predicted molar refractivity (Wildman–Crippen MR) is 320 cm³/mol. The summed E-state index contributed by atoms with van der Waals surface area (Å²) in [7, 11) is 0. The number of hydrogen-bond acceptors (Lipinski definition) is 1. The summed E-state index contributed by atoms with van der Waals surface area (Å²) >= 11 is 0. The molecule has 0 atom stereocenters. The van der Waals surface area contributed by atoms with Crippen molar-refractivity contribution in [3.05, 3.63) is 291 Å². The molecule has 0 unspecified atom stereocenters. The van der Waals surface area contributed by atoms with Crippen LogP contribution >= 0.6 is 0 Å². The topological polar surface area (TPSA) is 18.0 Å². The minimum atomic E-state index is 1.08. The zero-order chi connectivity index (χ0) is 50.1. The third-order valence-electron chi connectivity index (χ3n) is 15.5. The molecule has 0 bridgehead atoms. The summed E-state index contributed by atoms with van der Waals surface area (Å²) in [5.41, 5.74) is 20.9. The molecule has 12 aromatic carbocycles. The highest BCUT2D eigenvalue weighted by Crippen LogP contribution is 2.41. The monoisotopic (exact) mass is 968 g/mol. The van der Waals surface area contributed by atoms with Crippen LogP contribution in [0.4, 0.5) is 17.1 Å². The van der Waals surface area contributed by atoms with Crippen molar-refractivity contribution in [2.75, 3.05) is 4.90 Å². The van der Waals surface area contributed by atoms with Crippen LogP contribution in [0.1, 0.15) is 0 Å². The molecule has 0 N–H and O–H groups in total. The summed E-state index contributed by atoms with van der Waals surface area (Å²) in [6.45, 7) is 0. The van der Waals surface area contributed by atoms with Gasteiger partial charge in [-0.05, 0) is 143 Å². The second kappa shape index (κ2) is 17.8. The van der Waals surface area contributed by atoms with Gasteiger partial charge in [0.25, 0.3) is 0 Å². The predicted octanol–water partition coefficient (Wildman–Crippen LogP) is 19.4. The van der Waals surface area contributed by atoms with Gasteiger partial charge >= 0.3 is 0 Å². The van der Waals surface area contributed by atoms with Gasteiger partial charge in [0.2, 0.25) is 0 Å². The average molecular weight is 969 g/mol. The van der Waals surface area contributed by atoms with Crippen LogP contribution < -0.4 is 4.90 Å². The van der Waals surface area contributed by atoms with E-state index < -0.39 is 0 Å². The zero-order valence-corrected chi connectivity index (χ0v) is 41.5. The Bertz CT molecular complexity index is 4530. The van der Waals surface area contributed by atoms with Crippen molar-refractivity contribution in [2.45, 2.75) is 0 Å². The first-order valence-corrected chi connectivity index (χ1v) is 26.1. The van der Waals surface area contributed by atoms with Gasteiger partial charge in [0, 0.05) is 66.4 Å². The molecule has 0 radical (unpaired) electrons. The van der Waals surface area contributed by atoms with E-state index in [2.05, 4.69) is 310 Å². The van der Waals surface area contributed by atoms with Gasteiger partial charge in [0.05, 0.1) is 33.1 Å². The van der Waals surface area contributed by atoms with E-state index in [1.165, 1.54) is 87.7 Å². The van der Waals surface area contributed by atoms with E-state index in [4.69, 9.17) is 0 Å². The highest BCUT2D eigenvalue weighted by Gasteiger charge is 2.18. The van der Waals surface area contributed by atoms with E-state index >= 15 is 0 Å². The van der Waals surface area contributed by atoms with Crippen LogP contribution in [0.25, 0.3) is 116 Å². The molecule has 4 nitrogen and oxygen atoms in total. The Balaban J connectivity index is 0.764. The number of aromatic nitrogens is 3. The quantitative estimate of drug-likeness (QED) is 0.141. The number of nitrogens with zero attached hydrogens (tertiary/aromatic N) is 4. The zero-order valence-electron chi connectivity index (χ0n) is 41.5. The molecule has 15 aromatic rings. The summed E-state index contributed by atoms with van der Waals surface area (Å²) in [6, 6.07) is 106. The molecule has 0 spiro atoms. The lowest BCUT2D eigenvalue weighted by molar-refractivity contribution is 1.17. The summed E-state index contributed by atoms with van der Waals surface area (Å²) in [4.78, 5) is 2.36. The molecule has 0 aliphatic heterocycles. The van der Waals surface area contributed by atoms with E-state index in [1.54, 1.807) is 0 Å². The molecule has 76 heavy (non-hydrogen) atoms. The van der Waals surface area contributed by atoms with Crippen LogP contribution in [0.15, 0.2) is 291 Å². The Morgan fingerprint density at radius 1 is 0.184 bits per heavy atom. The highest BCUT2D eigenvalue weighted by atomic mass is 15.1. The maximum Gasteiger partial charge on any atom is 0.0547 e. The van der Waals surface area contributed by atoms with Gasteiger partial charge < -0.3 is 18.6 Å². The van der Waals surface area contributed by atoms with Gasteiger partial charge in [-0.2, -0.15) is 0 Å². The Morgan fingerprint density at radius 3 is 0.829 bits per heavy atom. The van der Waals surface area contributed by atoms with E-state index in [0.29, 0.717) is 0 Å². The molecular formula is C72H48N4. The van der Waals surface area contributed by atoms with Crippen LogP contribution in [-0.4, -0.2) is 13.7 Å². The fourth-order valence-electron chi connectivity index (χ4n) is 11.9. The summed E-state index contributed by atoms with van der Waals surface area (Å²) in [5, 5.41) is 7.56. The average Bonchev–Trinajstić information content (AvgIpc) is 4.19. The van der Waals surface area contributed by atoms with Crippen LogP contribution in [0.3, 0.4) is 0 Å². The number of fused-ring (bicyclic) bond motifs is 9. The van der Waals surface area contributed by atoms with Gasteiger partial charge in [-0.3, -0.25) is 0 Å². The van der Waals surface area contributed by atoms with E-state index in [9.17, 15) is 0 Å². The van der Waals surface area contributed by atoms with Gasteiger partial charge in [0.15, 0.2) is 0 Å². The van der Waals surface area contributed by atoms with Crippen LogP contribution in [0.5, 0.6) is 0 Å². The third kappa shape index (κ3) is 7.14. The van der Waals surface area contributed by atoms with Crippen molar-refractivity contribution in [3.63, 3.8) is 0 Å². The molecule has 4 heteroatoms. The van der Waals surface area contributed by atoms with E-state index in [-0.39, 0.29) is 0 Å². The van der Waals surface area contributed by atoms with Crippen LogP contribution in [-0.2, 0) is 0 Å². The van der Waals surface area contributed by atoms with Crippen molar-refractivity contribution < 1.29 is 0 Å². The first-order valence-electron chi connectivity index (χ1n) is 26.1. The third-order valence-corrected chi connectivity index (χ3v) is 15.5. The first-order chi connectivity index (χ1) is 37.7. The van der Waals surface area contributed by atoms with Gasteiger partial charge in [0.1, 0.15) is 0 Å². The summed E-state index contributed by atoms with van der Waals surface area (Å²) in [5.74, 6) is 0. The lowest BCUT2D eigenvalue weighted by Crippen LogP contribution is -2.10. The summed E-state index contributed by atoms with van der Waals surface area (Å²) < 4.78 is 7.13. The molecule has 0 fully saturated rings. The Labute approximate surface area is 440 Å². The Hall–Kier alpha value is -10.2. The van der Waals surface area contributed by atoms with Crippen molar-refractivity contribution in [3.8, 4) is 50.4 Å². The number of anilines is 3. The van der Waals surface area contributed by atoms with Crippen LogP contribution in [0, 0.1) is 0 Å². The minimum Gasteiger partial charge on any atom is -0.311 e. The molecule has 3 heterocycles. The maximum atomic E-state index is 2.38. The fraction of sp³-hybridized carbons (Fsp3) is 0. The number of rotatable bonds is 9. The normalized spacial score (nSPS) is 11.7. The SMILES string of the molecule is c1ccc(-n2c3ccccc3c3ccc(-c4ccc(-c5ccc(N(c6ccc(-c7ccc(-n8c9ccccc9c9ccccc98)cc7)cc6)c6ccc(-n7c8ccccc8c8ccccc87)cc6)cc5)cc4)cc32)cc1. The van der Waals surface area contributed by atoms with Crippen LogP contribution in [0.2, 0.25) is 0 Å². The highest BCUT2D eigenvalue weighted by molar-refractivity contribution is 6.12. The number of hydrogen-bond donors (Lipinski definition) is 0. The molecule has 0 saturated heterocycles. The minimum absolute atomic E-state index is 1.08. The standard InChI is InChI=1S/C72H48N4/c1-2-14-55(15-3-1)76-71-25-13-8-20-65(71)66-47-36-54(48-72(66)76)53-28-26-49(27-29-53)50-30-37-56(38-31-50)73(58-43-45-60(46-44-58)75-69-23-11-6-18-63(69)64-19-7-12-24-70(64)75)57-39-32-51(33-40-57)52-34-41-59(42-35-52)74-67-21-9-4-16-61(67)62-17-5-10-22-68(62)74/h1-48H. The maximum absolute atomic E-state index is 2.38. The molecule has 0 aliphatic rings. The first kappa shape index (κ1) is 43.4. The van der Waals surface area contributed by atoms with Crippen molar-refractivity contribution in [1.82, 2.24) is 13.7 Å². The second-order valence-corrected chi connectivity index (χ2v) is 19.7. The molecular weight excluding hydrogens is 921 g/mol. The van der Waals surface area contributed by atoms with Crippen molar-refractivity contribution >= 4 is 82.5 Å². The van der Waals surface area contributed by atoms with Gasteiger partial charge in [-0.15, -0.1) is 0 Å². The molecule has 0 saturated carbocycles.